The van der Waals surface area contributed by atoms with E-state index in [-0.39, 0.29) is 11.7 Å². The SMILES string of the molecule is O=C(c1cc2cc(F)ccc2[nH]1)N1CCCC(Cc2cccnc2)C1. The number of piperidine rings is 1. The zero-order chi connectivity index (χ0) is 17.2. The first kappa shape index (κ1) is 15.8. The van der Waals surface area contributed by atoms with Crippen molar-refractivity contribution < 1.29 is 9.18 Å². The number of aromatic amines is 1. The molecule has 1 N–H and O–H groups in total. The number of halogens is 1. The molecule has 1 aliphatic rings. The van der Waals surface area contributed by atoms with Gasteiger partial charge in [-0.3, -0.25) is 9.78 Å². The second kappa shape index (κ2) is 6.67. The van der Waals surface area contributed by atoms with Crippen LogP contribution in [0.5, 0.6) is 0 Å². The van der Waals surface area contributed by atoms with Gasteiger partial charge in [-0.1, -0.05) is 6.07 Å². The van der Waals surface area contributed by atoms with Gasteiger partial charge >= 0.3 is 0 Å². The van der Waals surface area contributed by atoms with Crippen LogP contribution in [-0.2, 0) is 6.42 Å². The molecule has 5 heteroatoms. The van der Waals surface area contributed by atoms with E-state index in [0.717, 1.165) is 43.3 Å². The molecule has 1 amide bonds. The van der Waals surface area contributed by atoms with Crippen LogP contribution in [0.3, 0.4) is 0 Å². The zero-order valence-electron chi connectivity index (χ0n) is 13.9. The van der Waals surface area contributed by atoms with Crippen LogP contribution in [0.4, 0.5) is 4.39 Å². The van der Waals surface area contributed by atoms with Gasteiger partial charge in [0.2, 0.25) is 0 Å². The summed E-state index contributed by atoms with van der Waals surface area (Å²) in [5, 5.41) is 0.729. The predicted molar refractivity (Wildman–Crippen MR) is 94.8 cm³/mol. The number of nitrogens with zero attached hydrogens (tertiary/aromatic N) is 2. The molecule has 1 unspecified atom stereocenters. The summed E-state index contributed by atoms with van der Waals surface area (Å²) in [7, 11) is 0. The first-order valence-electron chi connectivity index (χ1n) is 8.65. The van der Waals surface area contributed by atoms with Gasteiger partial charge in [-0.05, 0) is 61.1 Å². The highest BCUT2D eigenvalue weighted by Gasteiger charge is 2.25. The molecule has 0 saturated carbocycles. The molecule has 0 aliphatic carbocycles. The molecule has 1 atom stereocenters. The van der Waals surface area contributed by atoms with E-state index in [1.54, 1.807) is 18.3 Å². The summed E-state index contributed by atoms with van der Waals surface area (Å²) >= 11 is 0. The lowest BCUT2D eigenvalue weighted by Gasteiger charge is -2.32. The number of aromatic nitrogens is 2. The minimum atomic E-state index is -0.292. The van der Waals surface area contributed by atoms with E-state index in [2.05, 4.69) is 16.0 Å². The number of hydrogen-bond donors (Lipinski definition) is 1. The Bertz CT molecular complexity index is 890. The third-order valence-electron chi connectivity index (χ3n) is 4.87. The Hall–Kier alpha value is -2.69. The lowest BCUT2D eigenvalue weighted by Crippen LogP contribution is -2.40. The molecule has 128 valence electrons. The smallest absolute Gasteiger partial charge is 0.270 e. The van der Waals surface area contributed by atoms with E-state index in [9.17, 15) is 9.18 Å². The zero-order valence-corrected chi connectivity index (χ0v) is 13.9. The Labute approximate surface area is 145 Å². The van der Waals surface area contributed by atoms with E-state index in [1.807, 2.05) is 17.2 Å². The molecule has 1 aromatic carbocycles. The fourth-order valence-corrected chi connectivity index (χ4v) is 3.66. The number of benzene rings is 1. The lowest BCUT2D eigenvalue weighted by molar-refractivity contribution is 0.0668. The topological polar surface area (TPSA) is 49.0 Å². The molecule has 4 nitrogen and oxygen atoms in total. The van der Waals surface area contributed by atoms with Crippen LogP contribution in [0, 0.1) is 11.7 Å². The molecule has 1 fully saturated rings. The fourth-order valence-electron chi connectivity index (χ4n) is 3.66. The van der Waals surface area contributed by atoms with Gasteiger partial charge in [0.1, 0.15) is 11.5 Å². The van der Waals surface area contributed by atoms with Crippen molar-refractivity contribution in [2.24, 2.45) is 5.92 Å². The van der Waals surface area contributed by atoms with E-state index in [4.69, 9.17) is 0 Å². The molecule has 3 aromatic rings. The second-order valence-corrected chi connectivity index (χ2v) is 6.74. The molecule has 1 saturated heterocycles. The number of carbonyl (C=O) groups is 1. The van der Waals surface area contributed by atoms with Gasteiger partial charge in [-0.2, -0.15) is 0 Å². The second-order valence-electron chi connectivity index (χ2n) is 6.74. The molecule has 1 aliphatic heterocycles. The molecular formula is C20H20FN3O. The van der Waals surface area contributed by atoms with Crippen molar-refractivity contribution in [3.05, 3.63) is 65.9 Å². The third kappa shape index (κ3) is 3.40. The van der Waals surface area contributed by atoms with Crippen molar-refractivity contribution in [3.63, 3.8) is 0 Å². The van der Waals surface area contributed by atoms with Crippen molar-refractivity contribution in [2.45, 2.75) is 19.3 Å². The molecule has 4 rings (SSSR count). The Morgan fingerprint density at radius 1 is 1.32 bits per heavy atom. The largest absolute Gasteiger partial charge is 0.351 e. The van der Waals surface area contributed by atoms with Gasteiger partial charge in [0.05, 0.1) is 0 Å². The molecule has 0 spiro atoms. The summed E-state index contributed by atoms with van der Waals surface area (Å²) < 4.78 is 13.3. The van der Waals surface area contributed by atoms with Gasteiger partial charge in [-0.25, -0.2) is 4.39 Å². The van der Waals surface area contributed by atoms with Crippen molar-refractivity contribution in [3.8, 4) is 0 Å². The minimum absolute atomic E-state index is 0.00695. The summed E-state index contributed by atoms with van der Waals surface area (Å²) in [6, 6.07) is 10.3. The standard InChI is InChI=1S/C20H20FN3O/c21-17-5-6-18-16(10-17)11-19(23-18)20(25)24-8-2-4-15(13-24)9-14-3-1-7-22-12-14/h1,3,5-7,10-12,15,23H,2,4,8-9,13H2. The summed E-state index contributed by atoms with van der Waals surface area (Å²) in [5.41, 5.74) is 2.53. The highest BCUT2D eigenvalue weighted by atomic mass is 19.1. The van der Waals surface area contributed by atoms with Crippen molar-refractivity contribution in [1.29, 1.82) is 0 Å². The van der Waals surface area contributed by atoms with Crippen LogP contribution in [0.2, 0.25) is 0 Å². The highest BCUT2D eigenvalue weighted by molar-refractivity contribution is 5.98. The highest BCUT2D eigenvalue weighted by Crippen LogP contribution is 2.23. The lowest BCUT2D eigenvalue weighted by atomic mass is 9.92. The monoisotopic (exact) mass is 337 g/mol. The van der Waals surface area contributed by atoms with Gasteiger partial charge in [0.15, 0.2) is 0 Å². The van der Waals surface area contributed by atoms with Gasteiger partial charge < -0.3 is 9.88 Å². The third-order valence-corrected chi connectivity index (χ3v) is 4.87. The number of rotatable bonds is 3. The summed E-state index contributed by atoms with van der Waals surface area (Å²) in [6.07, 6.45) is 6.74. The van der Waals surface area contributed by atoms with E-state index >= 15 is 0 Å². The first-order valence-corrected chi connectivity index (χ1v) is 8.65. The summed E-state index contributed by atoms with van der Waals surface area (Å²) in [6.45, 7) is 1.52. The average molecular weight is 337 g/mol. The summed E-state index contributed by atoms with van der Waals surface area (Å²) in [5.74, 6) is 0.149. The number of H-pyrrole nitrogens is 1. The summed E-state index contributed by atoms with van der Waals surface area (Å²) in [4.78, 5) is 22.0. The first-order chi connectivity index (χ1) is 12.2. The number of nitrogens with one attached hydrogen (secondary N) is 1. The van der Waals surface area contributed by atoms with Crippen LogP contribution >= 0.6 is 0 Å². The van der Waals surface area contributed by atoms with Gasteiger partial charge in [0, 0.05) is 36.4 Å². The van der Waals surface area contributed by atoms with Gasteiger partial charge in [0.25, 0.3) is 5.91 Å². The number of hydrogen-bond acceptors (Lipinski definition) is 2. The van der Waals surface area contributed by atoms with Gasteiger partial charge in [-0.15, -0.1) is 0 Å². The van der Waals surface area contributed by atoms with Crippen LogP contribution in [0.15, 0.2) is 48.8 Å². The Kier molecular flexibility index (Phi) is 4.22. The molecule has 2 aromatic heterocycles. The molecular weight excluding hydrogens is 317 g/mol. The molecule has 25 heavy (non-hydrogen) atoms. The number of pyridine rings is 1. The van der Waals surface area contributed by atoms with E-state index in [0.29, 0.717) is 11.6 Å². The maximum absolute atomic E-state index is 13.3. The Morgan fingerprint density at radius 2 is 2.24 bits per heavy atom. The van der Waals surface area contributed by atoms with Crippen molar-refractivity contribution >= 4 is 16.8 Å². The normalized spacial score (nSPS) is 17.8. The quantitative estimate of drug-likeness (QED) is 0.790. The number of likely N-dealkylation sites (tertiary alicyclic amines) is 1. The molecule has 3 heterocycles. The number of amides is 1. The van der Waals surface area contributed by atoms with Crippen LogP contribution in [0.25, 0.3) is 10.9 Å². The van der Waals surface area contributed by atoms with E-state index < -0.39 is 0 Å². The number of fused-ring (bicyclic) bond motifs is 1. The van der Waals surface area contributed by atoms with Crippen LogP contribution in [0.1, 0.15) is 28.9 Å². The van der Waals surface area contributed by atoms with Crippen molar-refractivity contribution in [1.82, 2.24) is 14.9 Å². The Balaban J connectivity index is 1.49. The molecule has 0 bridgehead atoms. The van der Waals surface area contributed by atoms with Crippen LogP contribution in [-0.4, -0.2) is 33.9 Å². The average Bonchev–Trinajstić information content (AvgIpc) is 3.05. The van der Waals surface area contributed by atoms with E-state index in [1.165, 1.54) is 17.7 Å². The maximum atomic E-state index is 13.3. The Morgan fingerprint density at radius 3 is 3.08 bits per heavy atom. The fraction of sp³-hybridized carbons (Fsp3) is 0.300. The maximum Gasteiger partial charge on any atom is 0.270 e. The molecule has 0 radical (unpaired) electrons. The predicted octanol–water partition coefficient (Wildman–Crippen LogP) is 3.80. The van der Waals surface area contributed by atoms with Crippen molar-refractivity contribution in [2.75, 3.05) is 13.1 Å². The number of carbonyl (C=O) groups excluding carboxylic acids is 1. The minimum Gasteiger partial charge on any atom is -0.351 e. The van der Waals surface area contributed by atoms with Crippen LogP contribution < -0.4 is 0 Å².